The number of fused-ring (bicyclic) bond motifs is 1. The maximum absolute atomic E-state index is 13.0. The van der Waals surface area contributed by atoms with Crippen LogP contribution < -0.4 is 5.32 Å². The first-order valence-corrected chi connectivity index (χ1v) is 9.80. The maximum atomic E-state index is 13.0. The van der Waals surface area contributed by atoms with Crippen molar-refractivity contribution < 1.29 is 4.79 Å². The molecule has 6 heteroatoms. The van der Waals surface area contributed by atoms with E-state index in [2.05, 4.69) is 21.0 Å². The molecular formula is C20H27N5O. The molecule has 2 aliphatic rings. The van der Waals surface area contributed by atoms with Crippen molar-refractivity contribution in [1.29, 1.82) is 0 Å². The molecule has 1 saturated heterocycles. The first kappa shape index (κ1) is 17.2. The Morgan fingerprint density at radius 2 is 2.12 bits per heavy atom. The highest BCUT2D eigenvalue weighted by Crippen LogP contribution is 2.22. The summed E-state index contributed by atoms with van der Waals surface area (Å²) in [6.07, 6.45) is 10.1. The molecule has 0 aliphatic carbocycles. The first-order chi connectivity index (χ1) is 12.8. The van der Waals surface area contributed by atoms with Gasteiger partial charge in [-0.1, -0.05) is 6.07 Å². The third-order valence-electron chi connectivity index (χ3n) is 5.41. The maximum Gasteiger partial charge on any atom is 0.274 e. The quantitative estimate of drug-likeness (QED) is 0.895. The minimum absolute atomic E-state index is 0.121. The molecule has 0 atom stereocenters. The number of piperidine rings is 1. The monoisotopic (exact) mass is 353 g/mol. The van der Waals surface area contributed by atoms with Gasteiger partial charge in [0, 0.05) is 62.8 Å². The minimum Gasteiger partial charge on any atom is -0.337 e. The predicted octanol–water partition coefficient (Wildman–Crippen LogP) is 2.18. The molecule has 0 spiro atoms. The molecule has 6 nitrogen and oxygen atoms in total. The molecule has 1 N–H and O–H groups in total. The van der Waals surface area contributed by atoms with Gasteiger partial charge in [0.2, 0.25) is 0 Å². The van der Waals surface area contributed by atoms with Crippen molar-refractivity contribution in [3.05, 3.63) is 47.0 Å². The Morgan fingerprint density at radius 3 is 2.92 bits per heavy atom. The summed E-state index contributed by atoms with van der Waals surface area (Å²) in [7, 11) is 0. The van der Waals surface area contributed by atoms with Crippen molar-refractivity contribution in [1.82, 2.24) is 25.0 Å². The van der Waals surface area contributed by atoms with E-state index in [0.29, 0.717) is 5.69 Å². The van der Waals surface area contributed by atoms with Crippen LogP contribution in [-0.4, -0.2) is 45.2 Å². The van der Waals surface area contributed by atoms with Crippen LogP contribution in [0.3, 0.4) is 0 Å². The van der Waals surface area contributed by atoms with Gasteiger partial charge >= 0.3 is 0 Å². The number of nitrogens with zero attached hydrogens (tertiary/aromatic N) is 4. The van der Waals surface area contributed by atoms with Gasteiger partial charge in [0.15, 0.2) is 5.69 Å². The Kier molecular flexibility index (Phi) is 5.29. The van der Waals surface area contributed by atoms with Gasteiger partial charge in [-0.2, -0.15) is 5.10 Å². The van der Waals surface area contributed by atoms with E-state index in [-0.39, 0.29) is 5.91 Å². The summed E-state index contributed by atoms with van der Waals surface area (Å²) in [4.78, 5) is 19.2. The summed E-state index contributed by atoms with van der Waals surface area (Å²) < 4.78 is 2.09. The van der Waals surface area contributed by atoms with Crippen molar-refractivity contribution in [3.63, 3.8) is 0 Å². The molecule has 4 heterocycles. The van der Waals surface area contributed by atoms with Crippen LogP contribution in [0.1, 0.15) is 53.0 Å². The van der Waals surface area contributed by atoms with Gasteiger partial charge < -0.3 is 10.2 Å². The Morgan fingerprint density at radius 1 is 1.23 bits per heavy atom. The zero-order chi connectivity index (χ0) is 17.8. The number of aryl methyl sites for hydroxylation is 2. The van der Waals surface area contributed by atoms with E-state index < -0.39 is 0 Å². The van der Waals surface area contributed by atoms with E-state index in [0.717, 1.165) is 70.4 Å². The summed E-state index contributed by atoms with van der Waals surface area (Å²) in [6.45, 7) is 4.31. The first-order valence-electron chi connectivity index (χ1n) is 9.80. The van der Waals surface area contributed by atoms with E-state index in [9.17, 15) is 4.79 Å². The molecule has 2 aromatic rings. The standard InChI is InChI=1S/C20H27N5O/c26-20(24-11-2-1-3-12-24)19-17-15-22-10-8-18(17)25(23-19)13-5-7-16-6-4-9-21-14-16/h4,6,9,14,22H,1-3,5,7-8,10-13,15H2. The third kappa shape index (κ3) is 3.65. The van der Waals surface area contributed by atoms with Crippen LogP contribution in [0.15, 0.2) is 24.5 Å². The number of aromatic nitrogens is 3. The van der Waals surface area contributed by atoms with E-state index in [1.807, 2.05) is 17.2 Å². The second-order valence-electron chi connectivity index (χ2n) is 7.24. The van der Waals surface area contributed by atoms with Crippen LogP contribution in [0.25, 0.3) is 0 Å². The number of amides is 1. The van der Waals surface area contributed by atoms with Gasteiger partial charge in [0.25, 0.3) is 5.91 Å². The zero-order valence-electron chi connectivity index (χ0n) is 15.3. The molecule has 0 aromatic carbocycles. The van der Waals surface area contributed by atoms with E-state index >= 15 is 0 Å². The Hall–Kier alpha value is -2.21. The largest absolute Gasteiger partial charge is 0.337 e. The van der Waals surface area contributed by atoms with E-state index in [4.69, 9.17) is 5.10 Å². The highest BCUT2D eigenvalue weighted by atomic mass is 16.2. The van der Waals surface area contributed by atoms with Crippen LogP contribution in [0.2, 0.25) is 0 Å². The lowest BCUT2D eigenvalue weighted by Crippen LogP contribution is -2.37. The molecule has 0 radical (unpaired) electrons. The predicted molar refractivity (Wildman–Crippen MR) is 100.0 cm³/mol. The fraction of sp³-hybridized carbons (Fsp3) is 0.550. The third-order valence-corrected chi connectivity index (χ3v) is 5.41. The topological polar surface area (TPSA) is 63.1 Å². The lowest BCUT2D eigenvalue weighted by atomic mass is 10.0. The summed E-state index contributed by atoms with van der Waals surface area (Å²) in [5.41, 5.74) is 4.29. The summed E-state index contributed by atoms with van der Waals surface area (Å²) >= 11 is 0. The normalized spacial score (nSPS) is 17.2. The number of carbonyl (C=O) groups is 1. The molecule has 138 valence electrons. The van der Waals surface area contributed by atoms with Crippen molar-refractivity contribution in [2.45, 2.75) is 51.6 Å². The van der Waals surface area contributed by atoms with Gasteiger partial charge in [-0.25, -0.2) is 0 Å². The van der Waals surface area contributed by atoms with Gasteiger partial charge in [0.05, 0.1) is 0 Å². The molecule has 2 aliphatic heterocycles. The highest BCUT2D eigenvalue weighted by Gasteiger charge is 2.28. The van der Waals surface area contributed by atoms with Gasteiger partial charge in [0.1, 0.15) is 0 Å². The summed E-state index contributed by atoms with van der Waals surface area (Å²) in [5, 5.41) is 8.17. The molecule has 2 aromatic heterocycles. The molecule has 0 unspecified atom stereocenters. The zero-order valence-corrected chi connectivity index (χ0v) is 15.3. The van der Waals surface area contributed by atoms with Crippen LogP contribution in [0.5, 0.6) is 0 Å². The number of likely N-dealkylation sites (tertiary alicyclic amines) is 1. The average Bonchev–Trinajstić information content (AvgIpc) is 3.08. The second kappa shape index (κ2) is 7.99. The fourth-order valence-electron chi connectivity index (χ4n) is 4.00. The molecule has 26 heavy (non-hydrogen) atoms. The Labute approximate surface area is 154 Å². The van der Waals surface area contributed by atoms with Gasteiger partial charge in [-0.05, 0) is 43.7 Å². The molecule has 0 bridgehead atoms. The van der Waals surface area contributed by atoms with Crippen molar-refractivity contribution in [2.24, 2.45) is 0 Å². The second-order valence-corrected chi connectivity index (χ2v) is 7.24. The lowest BCUT2D eigenvalue weighted by Gasteiger charge is -2.26. The van der Waals surface area contributed by atoms with Crippen LogP contribution in [-0.2, 0) is 25.9 Å². The highest BCUT2D eigenvalue weighted by molar-refractivity contribution is 5.94. The number of carbonyl (C=O) groups excluding carboxylic acids is 1. The van der Waals surface area contributed by atoms with Crippen LogP contribution >= 0.6 is 0 Å². The van der Waals surface area contributed by atoms with Crippen molar-refractivity contribution in [3.8, 4) is 0 Å². The number of nitrogens with one attached hydrogen (secondary N) is 1. The Bertz CT molecular complexity index is 749. The molecular weight excluding hydrogens is 326 g/mol. The smallest absolute Gasteiger partial charge is 0.274 e. The number of pyridine rings is 1. The molecule has 4 rings (SSSR count). The van der Waals surface area contributed by atoms with Gasteiger partial charge in [-0.3, -0.25) is 14.5 Å². The molecule has 1 fully saturated rings. The fourth-order valence-corrected chi connectivity index (χ4v) is 4.00. The van der Waals surface area contributed by atoms with Crippen LogP contribution in [0, 0.1) is 0 Å². The lowest BCUT2D eigenvalue weighted by molar-refractivity contribution is 0.0716. The Balaban J connectivity index is 1.49. The van der Waals surface area contributed by atoms with Crippen molar-refractivity contribution in [2.75, 3.05) is 19.6 Å². The number of hydrogen-bond donors (Lipinski definition) is 1. The van der Waals surface area contributed by atoms with E-state index in [1.54, 1.807) is 6.20 Å². The number of hydrogen-bond acceptors (Lipinski definition) is 4. The number of rotatable bonds is 5. The molecule has 0 saturated carbocycles. The summed E-state index contributed by atoms with van der Waals surface area (Å²) in [5.74, 6) is 0.121. The van der Waals surface area contributed by atoms with Crippen molar-refractivity contribution >= 4 is 5.91 Å². The van der Waals surface area contributed by atoms with Crippen LogP contribution in [0.4, 0.5) is 0 Å². The molecule has 1 amide bonds. The minimum atomic E-state index is 0.121. The average molecular weight is 353 g/mol. The van der Waals surface area contributed by atoms with E-state index in [1.165, 1.54) is 17.7 Å². The summed E-state index contributed by atoms with van der Waals surface area (Å²) in [6, 6.07) is 4.09. The SMILES string of the molecule is O=C(c1nn(CCCc2cccnc2)c2c1CNCC2)N1CCCCC1. The van der Waals surface area contributed by atoms with Gasteiger partial charge in [-0.15, -0.1) is 0 Å².